The number of alkyl carbamates (subject to hydrolysis) is 1. The zero-order valence-corrected chi connectivity index (χ0v) is 13.6. The van der Waals surface area contributed by atoms with Crippen LogP contribution in [0.5, 0.6) is 0 Å². The number of ketones is 1. The van der Waals surface area contributed by atoms with Crippen LogP contribution in [-0.2, 0) is 4.74 Å². The highest BCUT2D eigenvalue weighted by atomic mass is 32.2. The lowest BCUT2D eigenvalue weighted by Gasteiger charge is -2.13. The molecule has 6 nitrogen and oxygen atoms in total. The number of amides is 1. The molecule has 0 saturated carbocycles. The van der Waals surface area contributed by atoms with Crippen molar-refractivity contribution in [1.82, 2.24) is 10.3 Å². The van der Waals surface area contributed by atoms with E-state index in [9.17, 15) is 9.59 Å². The van der Waals surface area contributed by atoms with Gasteiger partial charge in [-0.15, -0.1) is 11.3 Å². The lowest BCUT2D eigenvalue weighted by atomic mass is 10.3. The zero-order chi connectivity index (χ0) is 16.2. The van der Waals surface area contributed by atoms with Crippen molar-refractivity contribution in [2.24, 2.45) is 0 Å². The first-order valence-corrected chi connectivity index (χ1v) is 8.38. The first kappa shape index (κ1) is 15.6. The van der Waals surface area contributed by atoms with Crippen molar-refractivity contribution in [1.29, 1.82) is 0 Å². The van der Waals surface area contributed by atoms with E-state index in [2.05, 4.69) is 15.0 Å². The molecule has 0 saturated heterocycles. The summed E-state index contributed by atoms with van der Waals surface area (Å²) in [6.45, 7) is 0. The van der Waals surface area contributed by atoms with Crippen molar-refractivity contribution >= 4 is 46.1 Å². The van der Waals surface area contributed by atoms with Crippen molar-refractivity contribution in [2.45, 2.75) is 10.6 Å². The second-order valence-corrected chi connectivity index (χ2v) is 6.43. The van der Waals surface area contributed by atoms with Gasteiger partial charge in [0.2, 0.25) is 5.78 Å². The van der Waals surface area contributed by atoms with E-state index in [1.807, 2.05) is 18.2 Å². The molecular weight excluding hydrogens is 336 g/mol. The smallest absolute Gasteiger partial charge is 0.408 e. The molecule has 0 aliphatic heterocycles. The van der Waals surface area contributed by atoms with E-state index >= 15 is 0 Å². The molecule has 0 spiro atoms. The van der Waals surface area contributed by atoms with Gasteiger partial charge < -0.3 is 14.5 Å². The summed E-state index contributed by atoms with van der Waals surface area (Å²) in [6, 6.07) is 10.8. The van der Waals surface area contributed by atoms with Crippen molar-refractivity contribution in [3.8, 4) is 0 Å². The van der Waals surface area contributed by atoms with E-state index in [1.165, 1.54) is 18.4 Å². The average Bonchev–Trinajstić information content (AvgIpc) is 3.22. The minimum Gasteiger partial charge on any atom is -0.453 e. The van der Waals surface area contributed by atoms with Gasteiger partial charge in [-0.1, -0.05) is 18.2 Å². The van der Waals surface area contributed by atoms with Gasteiger partial charge in [0.05, 0.1) is 12.0 Å². The van der Waals surface area contributed by atoms with Crippen LogP contribution in [0.25, 0.3) is 11.1 Å². The van der Waals surface area contributed by atoms with Crippen molar-refractivity contribution in [2.75, 3.05) is 7.11 Å². The van der Waals surface area contributed by atoms with Gasteiger partial charge in [-0.2, -0.15) is 0 Å². The zero-order valence-electron chi connectivity index (χ0n) is 12.0. The molecule has 2 heterocycles. The number of Topliss-reactive ketones (excluding diaryl/α,β-unsaturated/α-hetero) is 1. The largest absolute Gasteiger partial charge is 0.453 e. The Labute approximate surface area is 139 Å². The van der Waals surface area contributed by atoms with Crippen molar-refractivity contribution in [3.05, 3.63) is 46.7 Å². The highest BCUT2D eigenvalue weighted by Gasteiger charge is 2.26. The standard InChI is InChI=1S/C15H12N2O4S2/c1-20-14(19)17-13(12(18)11-7-4-8-22-11)23-15-16-9-5-2-3-6-10(9)21-15/h2-8,13H,1H3,(H,17,19). The molecule has 0 aliphatic carbocycles. The third-order valence-electron chi connectivity index (χ3n) is 2.93. The highest BCUT2D eigenvalue weighted by Crippen LogP contribution is 2.28. The highest BCUT2D eigenvalue weighted by molar-refractivity contribution is 8.00. The Morgan fingerprint density at radius 2 is 2.13 bits per heavy atom. The minimum absolute atomic E-state index is 0.238. The maximum atomic E-state index is 12.5. The van der Waals surface area contributed by atoms with Gasteiger partial charge in [0, 0.05) is 0 Å². The summed E-state index contributed by atoms with van der Waals surface area (Å²) in [7, 11) is 1.24. The molecule has 1 unspecified atom stereocenters. The number of thiophene rings is 1. The van der Waals surface area contributed by atoms with E-state index in [4.69, 9.17) is 4.42 Å². The fourth-order valence-electron chi connectivity index (χ4n) is 1.86. The summed E-state index contributed by atoms with van der Waals surface area (Å²) >= 11 is 2.34. The summed E-state index contributed by atoms with van der Waals surface area (Å²) in [5, 5.41) is 3.73. The van der Waals surface area contributed by atoms with Crippen LogP contribution in [0, 0.1) is 0 Å². The average molecular weight is 348 g/mol. The normalized spacial score (nSPS) is 12.0. The molecule has 8 heteroatoms. The monoisotopic (exact) mass is 348 g/mol. The van der Waals surface area contributed by atoms with Gasteiger partial charge in [-0.05, 0) is 35.3 Å². The number of nitrogens with zero attached hydrogens (tertiary/aromatic N) is 1. The Balaban J connectivity index is 1.85. The van der Waals surface area contributed by atoms with Crippen LogP contribution < -0.4 is 5.32 Å². The number of oxazole rings is 1. The Morgan fingerprint density at radius 1 is 1.30 bits per heavy atom. The molecule has 1 atom stereocenters. The first-order valence-electron chi connectivity index (χ1n) is 6.62. The molecule has 23 heavy (non-hydrogen) atoms. The predicted octanol–water partition coefficient (Wildman–Crippen LogP) is 3.55. The Bertz CT molecular complexity index is 796. The molecule has 1 aromatic carbocycles. The number of hydrogen-bond acceptors (Lipinski definition) is 7. The summed E-state index contributed by atoms with van der Waals surface area (Å²) in [4.78, 5) is 28.9. The number of nitrogens with one attached hydrogen (secondary N) is 1. The number of fused-ring (bicyclic) bond motifs is 1. The van der Waals surface area contributed by atoms with Crippen molar-refractivity contribution in [3.63, 3.8) is 0 Å². The number of para-hydroxylation sites is 2. The molecular formula is C15H12N2O4S2. The lowest BCUT2D eigenvalue weighted by Crippen LogP contribution is -2.38. The number of hydrogen-bond donors (Lipinski definition) is 1. The number of carbonyl (C=O) groups is 2. The number of rotatable bonds is 5. The summed E-state index contributed by atoms with van der Waals surface area (Å²) < 4.78 is 10.2. The van der Waals surface area contributed by atoms with Gasteiger partial charge in [0.15, 0.2) is 11.0 Å². The maximum Gasteiger partial charge on any atom is 0.408 e. The third kappa shape index (κ3) is 3.54. The van der Waals surface area contributed by atoms with E-state index < -0.39 is 11.5 Å². The summed E-state index contributed by atoms with van der Waals surface area (Å²) in [5.74, 6) is -0.238. The molecule has 0 radical (unpaired) electrons. The van der Waals surface area contributed by atoms with Gasteiger partial charge in [-0.25, -0.2) is 9.78 Å². The number of carbonyl (C=O) groups excluding carboxylic acids is 2. The molecule has 0 bridgehead atoms. The minimum atomic E-state index is -0.880. The molecule has 1 amide bonds. The SMILES string of the molecule is COC(=O)NC(Sc1nc2ccccc2o1)C(=O)c1cccs1. The number of ether oxygens (including phenoxy) is 1. The van der Waals surface area contributed by atoms with Crippen LogP contribution >= 0.6 is 23.1 Å². The molecule has 3 aromatic rings. The molecule has 2 aromatic heterocycles. The topological polar surface area (TPSA) is 81.4 Å². The summed E-state index contributed by atoms with van der Waals surface area (Å²) in [5.41, 5.74) is 1.31. The van der Waals surface area contributed by atoms with E-state index in [0.29, 0.717) is 21.2 Å². The van der Waals surface area contributed by atoms with Crippen LogP contribution in [0.15, 0.2) is 51.4 Å². The summed E-state index contributed by atoms with van der Waals surface area (Å²) in [6.07, 6.45) is -0.691. The molecule has 118 valence electrons. The number of thioether (sulfide) groups is 1. The van der Waals surface area contributed by atoms with E-state index in [1.54, 1.807) is 23.6 Å². The molecule has 1 N–H and O–H groups in total. The predicted molar refractivity (Wildman–Crippen MR) is 87.8 cm³/mol. The molecule has 0 fully saturated rings. The fraction of sp³-hybridized carbons (Fsp3) is 0.133. The van der Waals surface area contributed by atoms with Gasteiger partial charge in [-0.3, -0.25) is 4.79 Å². The first-order chi connectivity index (χ1) is 11.2. The van der Waals surface area contributed by atoms with Crippen LogP contribution in [0.4, 0.5) is 4.79 Å². The Morgan fingerprint density at radius 3 is 2.83 bits per heavy atom. The number of benzene rings is 1. The maximum absolute atomic E-state index is 12.5. The Kier molecular flexibility index (Phi) is 4.63. The fourth-order valence-corrected chi connectivity index (χ4v) is 3.51. The van der Waals surface area contributed by atoms with Crippen LogP contribution in [-0.4, -0.2) is 29.3 Å². The second-order valence-electron chi connectivity index (χ2n) is 4.42. The Hall–Kier alpha value is -2.32. The molecule has 0 aliphatic rings. The van der Waals surface area contributed by atoms with Gasteiger partial charge in [0.25, 0.3) is 5.22 Å². The number of methoxy groups -OCH3 is 1. The van der Waals surface area contributed by atoms with Crippen molar-refractivity contribution < 1.29 is 18.7 Å². The van der Waals surface area contributed by atoms with Gasteiger partial charge >= 0.3 is 6.09 Å². The third-order valence-corrected chi connectivity index (χ3v) is 4.76. The number of aromatic nitrogens is 1. The second kappa shape index (κ2) is 6.84. The quantitative estimate of drug-likeness (QED) is 0.431. The van der Waals surface area contributed by atoms with Crippen LogP contribution in [0.3, 0.4) is 0 Å². The van der Waals surface area contributed by atoms with Crippen LogP contribution in [0.1, 0.15) is 9.67 Å². The van der Waals surface area contributed by atoms with E-state index in [0.717, 1.165) is 11.8 Å². The molecule has 3 rings (SSSR count). The lowest BCUT2D eigenvalue weighted by molar-refractivity contribution is 0.0973. The van der Waals surface area contributed by atoms with E-state index in [-0.39, 0.29) is 5.78 Å². The van der Waals surface area contributed by atoms with Gasteiger partial charge in [0.1, 0.15) is 5.52 Å². The van der Waals surface area contributed by atoms with Crippen LogP contribution in [0.2, 0.25) is 0 Å².